The molecule has 320 valence electrons. The van der Waals surface area contributed by atoms with Gasteiger partial charge in [-0.2, -0.15) is 0 Å². The van der Waals surface area contributed by atoms with Gasteiger partial charge in [0, 0.05) is 31.1 Å². The maximum atomic E-state index is 13.0. The summed E-state index contributed by atoms with van der Waals surface area (Å²) in [4.78, 5) is 0. The lowest BCUT2D eigenvalue weighted by Gasteiger charge is -2.65. The second-order valence-corrected chi connectivity index (χ2v) is 20.3. The molecule has 5 N–H and O–H groups in total. The fourth-order valence-corrected chi connectivity index (χ4v) is 14.1. The molecule has 1 aromatic carbocycles. The first-order valence-corrected chi connectivity index (χ1v) is 22.2. The zero-order valence-electron chi connectivity index (χ0n) is 34.7. The number of aliphatic hydroxyl groups is 4. The van der Waals surface area contributed by atoms with Gasteiger partial charge in [-0.25, -0.2) is 0 Å². The normalized spacial score (nSPS) is 53.1. The molecule has 0 radical (unpaired) electrons. The summed E-state index contributed by atoms with van der Waals surface area (Å²) in [6, 6.07) is 7.28. The lowest BCUT2D eigenvalue weighted by molar-refractivity contribution is -0.314. The van der Waals surface area contributed by atoms with E-state index in [0.717, 1.165) is 44.1 Å². The van der Waals surface area contributed by atoms with Crippen molar-refractivity contribution in [3.8, 4) is 5.75 Å². The minimum absolute atomic E-state index is 0.00340. The predicted octanol–water partition coefficient (Wildman–Crippen LogP) is 5.32. The van der Waals surface area contributed by atoms with Gasteiger partial charge in [-0.3, -0.25) is 0 Å². The molecule has 9 rings (SSSR count). The van der Waals surface area contributed by atoms with Crippen LogP contribution in [0.25, 0.3) is 0 Å². The first kappa shape index (κ1) is 41.0. The maximum Gasteiger partial charge on any atom is 0.163 e. The van der Waals surface area contributed by atoms with Gasteiger partial charge in [-0.05, 0) is 126 Å². The summed E-state index contributed by atoms with van der Waals surface area (Å²) in [5, 5.41) is 57.9. The van der Waals surface area contributed by atoms with Crippen LogP contribution in [0.15, 0.2) is 24.3 Å². The van der Waals surface area contributed by atoms with Crippen molar-refractivity contribution in [3.63, 3.8) is 0 Å². The second kappa shape index (κ2) is 14.9. The van der Waals surface area contributed by atoms with E-state index in [0.29, 0.717) is 44.4 Å². The molecule has 4 aliphatic heterocycles. The van der Waals surface area contributed by atoms with Crippen LogP contribution in [0.2, 0.25) is 0 Å². The van der Waals surface area contributed by atoms with Crippen molar-refractivity contribution < 1.29 is 58.7 Å². The molecular weight excluding hydrogens is 732 g/mol. The summed E-state index contributed by atoms with van der Waals surface area (Å²) >= 11 is 0. The number of ether oxygens (including phenoxy) is 7. The Bertz CT molecular complexity index is 1600. The van der Waals surface area contributed by atoms with E-state index in [1.165, 1.54) is 0 Å². The number of aromatic hydroxyl groups is 1. The Balaban J connectivity index is 0.824. The monoisotopic (exact) mass is 800 g/mol. The van der Waals surface area contributed by atoms with Crippen molar-refractivity contribution in [1.29, 1.82) is 0 Å². The van der Waals surface area contributed by atoms with Crippen molar-refractivity contribution in [2.45, 2.75) is 204 Å². The molecule has 1 aromatic rings. The number of benzene rings is 1. The third-order valence-electron chi connectivity index (χ3n) is 16.9. The first-order valence-electron chi connectivity index (χ1n) is 22.2. The van der Waals surface area contributed by atoms with Crippen molar-refractivity contribution in [2.24, 2.45) is 40.4 Å². The smallest absolute Gasteiger partial charge is 0.163 e. The number of fused-ring (bicyclic) bond motifs is 6. The summed E-state index contributed by atoms with van der Waals surface area (Å²) < 4.78 is 43.8. The van der Waals surface area contributed by atoms with E-state index >= 15 is 0 Å². The molecule has 4 heterocycles. The summed E-state index contributed by atoms with van der Waals surface area (Å²) in [5.41, 5.74) is -1.01. The molecule has 4 saturated carbocycles. The Morgan fingerprint density at radius 1 is 0.754 bits per heavy atom. The molecular formula is C45H68O12. The summed E-state index contributed by atoms with van der Waals surface area (Å²) in [7, 11) is 0. The lowest BCUT2D eigenvalue weighted by Crippen LogP contribution is -2.67. The van der Waals surface area contributed by atoms with Crippen molar-refractivity contribution >= 4 is 0 Å². The zero-order chi connectivity index (χ0) is 40.2. The highest BCUT2D eigenvalue weighted by Crippen LogP contribution is 2.70. The standard InChI is InChI=1S/C45H68O12/c1-23-40(55-39-22-35-41(24(2)52-39)57-42(3,4)56-35)33(47)21-38(51-23)53-27-13-15-43(5)26(18-27)11-12-30-31(43)20-36(48)44(6)29(14-16-45(30,44)50)28-19-37(49)54-34(28)17-25-9-7-8-10-32(25)46/h7-10,23-24,26-31,33-41,46-50H,11-22H2,1-6H3/t23?,24?,26-,27+,28?,29-,30-,31+,33-,34?,35-,36-,37?,38+,39+,40?,41?,43+,44+,45+/m1/s1. The molecule has 12 heteroatoms. The van der Waals surface area contributed by atoms with Crippen molar-refractivity contribution in [1.82, 2.24) is 0 Å². The highest BCUT2D eigenvalue weighted by Gasteiger charge is 2.72. The van der Waals surface area contributed by atoms with Gasteiger partial charge in [-0.1, -0.05) is 32.0 Å². The average Bonchev–Trinajstić information content (AvgIpc) is 3.77. The topological polar surface area (TPSA) is 166 Å². The van der Waals surface area contributed by atoms with Gasteiger partial charge < -0.3 is 58.7 Å². The Hall–Kier alpha value is -1.42. The van der Waals surface area contributed by atoms with Crippen LogP contribution in [0.4, 0.5) is 0 Å². The maximum absolute atomic E-state index is 13.0. The fraction of sp³-hybridized carbons (Fsp3) is 0.867. The van der Waals surface area contributed by atoms with Gasteiger partial charge in [0.15, 0.2) is 24.7 Å². The van der Waals surface area contributed by atoms with E-state index in [1.54, 1.807) is 12.1 Å². The molecule has 7 unspecified atom stereocenters. The van der Waals surface area contributed by atoms with E-state index in [2.05, 4.69) is 13.8 Å². The average molecular weight is 801 g/mol. The highest BCUT2D eigenvalue weighted by atomic mass is 16.8. The van der Waals surface area contributed by atoms with Crippen molar-refractivity contribution in [3.05, 3.63) is 29.8 Å². The number of para-hydroxylation sites is 1. The SMILES string of the molecule is CC1O[C@@H](O[C@H]2CC[C@@]3(C)[C@H](CC[C@@H]4[C@@H]3C[C@@H](O)[C@]3(C)[C@@H](C5CC(O)OC5Cc5ccccc5O)CC[C@]43O)C2)C[C@@H](O)C1O[C@H]1C[C@H]2OC(C)(C)OC2C(C)O1. The van der Waals surface area contributed by atoms with Gasteiger partial charge in [0.1, 0.15) is 18.0 Å². The molecule has 8 aliphatic rings. The second-order valence-electron chi connectivity index (χ2n) is 20.3. The van der Waals surface area contributed by atoms with Gasteiger partial charge in [-0.15, -0.1) is 0 Å². The summed E-state index contributed by atoms with van der Waals surface area (Å²) in [6.45, 7) is 12.2. The summed E-state index contributed by atoms with van der Waals surface area (Å²) in [6.07, 6.45) is 3.22. The zero-order valence-corrected chi connectivity index (χ0v) is 34.7. The van der Waals surface area contributed by atoms with E-state index in [-0.39, 0.29) is 65.4 Å². The van der Waals surface area contributed by atoms with Crippen LogP contribution in [0.5, 0.6) is 5.75 Å². The molecule has 4 saturated heterocycles. The quantitative estimate of drug-likeness (QED) is 0.226. The van der Waals surface area contributed by atoms with E-state index in [4.69, 9.17) is 33.2 Å². The van der Waals surface area contributed by atoms with E-state index in [9.17, 15) is 25.5 Å². The highest BCUT2D eigenvalue weighted by molar-refractivity contribution is 5.33. The molecule has 12 nitrogen and oxygen atoms in total. The van der Waals surface area contributed by atoms with Gasteiger partial charge in [0.25, 0.3) is 0 Å². The number of hydrogen-bond acceptors (Lipinski definition) is 12. The molecule has 0 aromatic heterocycles. The van der Waals surface area contributed by atoms with Crippen LogP contribution in [-0.2, 0) is 39.6 Å². The Labute approximate surface area is 337 Å². The minimum atomic E-state index is -1.02. The lowest BCUT2D eigenvalue weighted by atomic mass is 9.42. The number of hydrogen-bond donors (Lipinski definition) is 5. The Morgan fingerprint density at radius 2 is 1.51 bits per heavy atom. The van der Waals surface area contributed by atoms with Crippen molar-refractivity contribution in [2.75, 3.05) is 0 Å². The van der Waals surface area contributed by atoms with Crippen LogP contribution >= 0.6 is 0 Å². The van der Waals surface area contributed by atoms with E-state index < -0.39 is 60.1 Å². The van der Waals surface area contributed by atoms with E-state index in [1.807, 2.05) is 39.8 Å². The summed E-state index contributed by atoms with van der Waals surface area (Å²) in [5.74, 6) is 0.138. The van der Waals surface area contributed by atoms with Crippen LogP contribution in [0.1, 0.15) is 118 Å². The third kappa shape index (κ3) is 6.93. The molecule has 0 spiro atoms. The number of phenolic OH excluding ortho intramolecular Hbond substituents is 1. The van der Waals surface area contributed by atoms with Crippen LogP contribution in [0.3, 0.4) is 0 Å². The third-order valence-corrected chi connectivity index (χ3v) is 16.9. The first-order chi connectivity index (χ1) is 27.0. The minimum Gasteiger partial charge on any atom is -0.508 e. The Kier molecular flexibility index (Phi) is 10.7. The van der Waals surface area contributed by atoms with Gasteiger partial charge in [0.2, 0.25) is 0 Å². The molecule has 57 heavy (non-hydrogen) atoms. The number of rotatable bonds is 7. The molecule has 0 bridgehead atoms. The molecule has 4 aliphatic carbocycles. The predicted molar refractivity (Wildman–Crippen MR) is 206 cm³/mol. The Morgan fingerprint density at radius 3 is 2.28 bits per heavy atom. The number of aliphatic hydroxyl groups excluding tert-OH is 3. The van der Waals surface area contributed by atoms with Gasteiger partial charge >= 0.3 is 0 Å². The van der Waals surface area contributed by atoms with Crippen LogP contribution < -0.4 is 0 Å². The van der Waals surface area contributed by atoms with Crippen LogP contribution in [0, 0.1) is 40.4 Å². The molecule has 20 atom stereocenters. The fourth-order valence-electron chi connectivity index (χ4n) is 14.1. The molecule has 8 fully saturated rings. The largest absolute Gasteiger partial charge is 0.508 e. The molecule has 0 amide bonds. The van der Waals surface area contributed by atoms with Gasteiger partial charge in [0.05, 0.1) is 48.3 Å². The van der Waals surface area contributed by atoms with Crippen LogP contribution in [-0.4, -0.2) is 111 Å². The number of phenols is 1.